The second-order valence-electron chi connectivity index (χ2n) is 9.55. The Kier molecular flexibility index (Phi) is 11.5. The first-order valence-electron chi connectivity index (χ1n) is 12.7. The number of halogens is 1. The zero-order valence-corrected chi connectivity index (χ0v) is 22.5. The predicted octanol–water partition coefficient (Wildman–Crippen LogP) is 4.59. The van der Waals surface area contributed by atoms with Crippen LogP contribution in [0.2, 0.25) is 0 Å². The Bertz CT molecular complexity index is 1210. The predicted molar refractivity (Wildman–Crippen MR) is 138 cm³/mol. The normalized spacial score (nSPS) is 32.8. The highest BCUT2D eigenvalue weighted by molar-refractivity contribution is 5.67. The standard InChI is InChI=1S/C24H30FN9O7/c1-12-18(10-29-32-26)40-24(22(19(12)25)37-11-15-7-5-4-6-8-15)41-21-17(31-34-28)9-16(30-33-27)20(38-13(2)35)23(21)39-14(3)36/h4-8,12,16-24H,9-11H2,1-3H3/t12-,16-,17+,18-,19+,20+,21-,22-,23-,24-/m1/s1. The molecule has 220 valence electrons. The number of esters is 2. The fourth-order valence-corrected chi connectivity index (χ4v) is 4.89. The minimum absolute atomic E-state index is 0.00424. The molecule has 1 saturated carbocycles. The molecule has 0 unspecified atom stereocenters. The minimum Gasteiger partial charge on any atom is -0.458 e. The van der Waals surface area contributed by atoms with Gasteiger partial charge in [-0.15, -0.1) is 0 Å². The molecule has 41 heavy (non-hydrogen) atoms. The van der Waals surface area contributed by atoms with E-state index in [0.717, 1.165) is 19.4 Å². The molecule has 1 aromatic carbocycles. The molecule has 0 spiro atoms. The number of nitrogens with zero attached hydrogens (tertiary/aromatic N) is 9. The van der Waals surface area contributed by atoms with Crippen molar-refractivity contribution in [2.45, 2.75) is 88.9 Å². The molecule has 17 heteroatoms. The number of azide groups is 3. The Morgan fingerprint density at radius 1 is 0.951 bits per heavy atom. The molecule has 1 aromatic rings. The molecule has 1 aliphatic carbocycles. The summed E-state index contributed by atoms with van der Waals surface area (Å²) in [6, 6.07) is 6.76. The lowest BCUT2D eigenvalue weighted by Crippen LogP contribution is -2.62. The molecular weight excluding hydrogens is 545 g/mol. The van der Waals surface area contributed by atoms with Crippen molar-refractivity contribution in [3.8, 4) is 0 Å². The lowest BCUT2D eigenvalue weighted by atomic mass is 9.83. The van der Waals surface area contributed by atoms with Crippen molar-refractivity contribution in [1.82, 2.24) is 0 Å². The minimum atomic E-state index is -1.66. The fourth-order valence-electron chi connectivity index (χ4n) is 4.89. The first-order chi connectivity index (χ1) is 19.7. The Hall–Kier alpha value is -4.10. The van der Waals surface area contributed by atoms with Gasteiger partial charge >= 0.3 is 11.9 Å². The van der Waals surface area contributed by atoms with Gasteiger partial charge in [-0.25, -0.2) is 4.39 Å². The number of carbonyl (C=O) groups is 2. The van der Waals surface area contributed by atoms with Crippen molar-refractivity contribution in [3.63, 3.8) is 0 Å². The van der Waals surface area contributed by atoms with Crippen LogP contribution in [0.25, 0.3) is 31.3 Å². The van der Waals surface area contributed by atoms with Gasteiger partial charge in [-0.3, -0.25) is 9.59 Å². The largest absolute Gasteiger partial charge is 0.458 e. The van der Waals surface area contributed by atoms with Crippen LogP contribution in [0.1, 0.15) is 32.8 Å². The number of carbonyl (C=O) groups excluding carboxylic acids is 2. The molecule has 16 nitrogen and oxygen atoms in total. The molecule has 10 atom stereocenters. The van der Waals surface area contributed by atoms with Gasteiger partial charge in [0.2, 0.25) is 0 Å². The van der Waals surface area contributed by atoms with Gasteiger partial charge in [-0.2, -0.15) is 0 Å². The van der Waals surface area contributed by atoms with Crippen molar-refractivity contribution in [3.05, 3.63) is 67.2 Å². The van der Waals surface area contributed by atoms with Crippen molar-refractivity contribution < 1.29 is 37.7 Å². The van der Waals surface area contributed by atoms with E-state index in [0.29, 0.717) is 0 Å². The van der Waals surface area contributed by atoms with Crippen LogP contribution in [-0.2, 0) is 39.9 Å². The van der Waals surface area contributed by atoms with E-state index in [1.165, 1.54) is 0 Å². The number of benzene rings is 1. The van der Waals surface area contributed by atoms with Gasteiger partial charge in [0.05, 0.1) is 31.3 Å². The number of hydrogen-bond donors (Lipinski definition) is 0. The summed E-state index contributed by atoms with van der Waals surface area (Å²) in [6.45, 7) is 3.57. The van der Waals surface area contributed by atoms with E-state index < -0.39 is 72.9 Å². The molecule has 1 aliphatic heterocycles. The van der Waals surface area contributed by atoms with E-state index in [2.05, 4.69) is 30.1 Å². The van der Waals surface area contributed by atoms with Crippen molar-refractivity contribution in [2.75, 3.05) is 6.54 Å². The summed E-state index contributed by atoms with van der Waals surface area (Å²) in [5.74, 6) is -2.34. The van der Waals surface area contributed by atoms with Crippen molar-refractivity contribution in [2.24, 2.45) is 21.3 Å². The molecule has 0 radical (unpaired) electrons. The molecule has 0 bridgehead atoms. The van der Waals surface area contributed by atoms with Gasteiger partial charge in [0.1, 0.15) is 24.5 Å². The second-order valence-corrected chi connectivity index (χ2v) is 9.55. The van der Waals surface area contributed by atoms with Crippen LogP contribution in [0.4, 0.5) is 4.39 Å². The molecule has 2 aliphatic rings. The van der Waals surface area contributed by atoms with Crippen LogP contribution in [-0.4, -0.2) is 73.5 Å². The summed E-state index contributed by atoms with van der Waals surface area (Å²) >= 11 is 0. The van der Waals surface area contributed by atoms with Crippen molar-refractivity contribution >= 4 is 11.9 Å². The zero-order chi connectivity index (χ0) is 29.9. The summed E-state index contributed by atoms with van der Waals surface area (Å²) in [5.41, 5.74) is 27.9. The van der Waals surface area contributed by atoms with E-state index in [-0.39, 0.29) is 19.6 Å². The second kappa shape index (κ2) is 15.1. The lowest BCUT2D eigenvalue weighted by Gasteiger charge is -2.47. The Morgan fingerprint density at radius 2 is 1.56 bits per heavy atom. The average molecular weight is 576 g/mol. The van der Waals surface area contributed by atoms with Crippen LogP contribution in [0.15, 0.2) is 45.7 Å². The van der Waals surface area contributed by atoms with Crippen LogP contribution >= 0.6 is 0 Å². The third-order valence-corrected chi connectivity index (χ3v) is 6.77. The molecule has 3 rings (SSSR count). The summed E-state index contributed by atoms with van der Waals surface area (Å²) in [7, 11) is 0. The Balaban J connectivity index is 2.01. The van der Waals surface area contributed by atoms with Crippen LogP contribution < -0.4 is 0 Å². The molecular formula is C24H30FN9O7. The molecule has 1 saturated heterocycles. The molecule has 0 aromatic heterocycles. The van der Waals surface area contributed by atoms with Crippen LogP contribution in [0.3, 0.4) is 0 Å². The summed E-state index contributed by atoms with van der Waals surface area (Å²) in [6.07, 6.45) is -9.65. The van der Waals surface area contributed by atoms with Crippen LogP contribution in [0, 0.1) is 5.92 Å². The molecule has 2 fully saturated rings. The molecule has 1 heterocycles. The van der Waals surface area contributed by atoms with Gasteiger partial charge in [0, 0.05) is 34.5 Å². The number of alkyl halides is 1. The first-order valence-corrected chi connectivity index (χ1v) is 12.7. The summed E-state index contributed by atoms with van der Waals surface area (Å²) in [5, 5.41) is 10.9. The highest BCUT2D eigenvalue weighted by Gasteiger charge is 2.53. The van der Waals surface area contributed by atoms with Crippen LogP contribution in [0.5, 0.6) is 0 Å². The third-order valence-electron chi connectivity index (χ3n) is 6.77. The SMILES string of the molecule is CC(=O)O[C@@H]1[C@@H](OC(C)=O)[C@H](N=[N+]=[N-])C[C@H](N=[N+]=[N-])[C@H]1O[C@H]1O[C@H](CN=[N+]=[N-])[C@@H](C)[C@H](F)[C@H]1OCc1ccccc1. The Labute approximate surface area is 233 Å². The van der Waals surface area contributed by atoms with E-state index >= 15 is 4.39 Å². The van der Waals surface area contributed by atoms with Gasteiger partial charge in [0.25, 0.3) is 0 Å². The molecule has 0 N–H and O–H groups in total. The Morgan fingerprint density at radius 3 is 2.15 bits per heavy atom. The topological polar surface area (TPSA) is 227 Å². The van der Waals surface area contributed by atoms with Gasteiger partial charge in [-0.1, -0.05) is 52.6 Å². The monoisotopic (exact) mass is 575 g/mol. The van der Waals surface area contributed by atoms with E-state index in [1.54, 1.807) is 31.2 Å². The number of hydrogen-bond acceptors (Lipinski definition) is 10. The summed E-state index contributed by atoms with van der Waals surface area (Å²) < 4.78 is 44.8. The van der Waals surface area contributed by atoms with Gasteiger partial charge in [0.15, 0.2) is 12.4 Å². The van der Waals surface area contributed by atoms with E-state index in [4.69, 9.17) is 34.7 Å². The van der Waals surface area contributed by atoms with Gasteiger partial charge in [-0.05, 0) is 28.6 Å². The van der Waals surface area contributed by atoms with Crippen molar-refractivity contribution in [1.29, 1.82) is 0 Å². The highest BCUT2D eigenvalue weighted by atomic mass is 19.1. The first kappa shape index (κ1) is 31.4. The van der Waals surface area contributed by atoms with Gasteiger partial charge < -0.3 is 23.7 Å². The summed E-state index contributed by atoms with van der Waals surface area (Å²) in [4.78, 5) is 32.4. The highest BCUT2D eigenvalue weighted by Crippen LogP contribution is 2.37. The quantitative estimate of drug-likeness (QED) is 0.157. The van der Waals surface area contributed by atoms with E-state index in [1.807, 2.05) is 6.07 Å². The lowest BCUT2D eigenvalue weighted by molar-refractivity contribution is -0.311. The maximum Gasteiger partial charge on any atom is 0.303 e. The molecule has 0 amide bonds. The number of ether oxygens (including phenoxy) is 5. The number of rotatable bonds is 11. The smallest absolute Gasteiger partial charge is 0.303 e. The fraction of sp³-hybridized carbons (Fsp3) is 0.667. The maximum atomic E-state index is 15.9. The van der Waals surface area contributed by atoms with E-state index in [9.17, 15) is 15.1 Å². The maximum absolute atomic E-state index is 15.9. The zero-order valence-electron chi connectivity index (χ0n) is 22.5. The average Bonchev–Trinajstić information content (AvgIpc) is 2.93. The third kappa shape index (κ3) is 8.21.